The highest BCUT2D eigenvalue weighted by atomic mass is 19.4. The smallest absolute Gasteiger partial charge is 0.233 e. The summed E-state index contributed by atoms with van der Waals surface area (Å²) in [6, 6.07) is 30.2. The molecule has 0 saturated heterocycles. The minimum Gasteiger partial charge on any atom is -0.233 e. The van der Waals surface area contributed by atoms with Gasteiger partial charge in [-0.3, -0.25) is 0 Å². The molecule has 4 heterocycles. The second-order valence-electron chi connectivity index (χ2n) is 10.6. The van der Waals surface area contributed by atoms with Crippen molar-refractivity contribution in [2.45, 2.75) is 32.4 Å². The second-order valence-corrected chi connectivity index (χ2v) is 10.6. The third-order valence-corrected chi connectivity index (χ3v) is 7.19. The Balaban J connectivity index is 1.54. The van der Waals surface area contributed by atoms with Gasteiger partial charge >= 0.3 is 6.18 Å². The van der Waals surface area contributed by atoms with Crippen molar-refractivity contribution >= 4 is 0 Å². The molecule has 42 heavy (non-hydrogen) atoms. The molecule has 0 spiro atoms. The molecule has 0 amide bonds. The Morgan fingerprint density at radius 2 is 1.02 bits per heavy atom. The zero-order valence-electron chi connectivity index (χ0n) is 23.2. The van der Waals surface area contributed by atoms with E-state index in [0.717, 1.165) is 39.7 Å². The maximum absolute atomic E-state index is 13.4. The summed E-state index contributed by atoms with van der Waals surface area (Å²) in [5.74, 6) is 0.922. The molecule has 2 aromatic carbocycles. The maximum atomic E-state index is 13.4. The van der Waals surface area contributed by atoms with Crippen LogP contribution in [0.1, 0.15) is 36.6 Å². The van der Waals surface area contributed by atoms with E-state index < -0.39 is 17.3 Å². The lowest BCUT2D eigenvalue weighted by atomic mass is 9.82. The van der Waals surface area contributed by atoms with E-state index in [1.165, 1.54) is 10.9 Å². The second kappa shape index (κ2) is 10.4. The lowest BCUT2D eigenvalue weighted by molar-refractivity contribution is -0.141. The van der Waals surface area contributed by atoms with Gasteiger partial charge < -0.3 is 0 Å². The van der Waals surface area contributed by atoms with Gasteiger partial charge in [0, 0.05) is 17.8 Å². The summed E-state index contributed by atoms with van der Waals surface area (Å²) in [4.78, 5) is 9.87. The van der Waals surface area contributed by atoms with Crippen LogP contribution < -0.4 is 0 Å². The number of benzene rings is 2. The van der Waals surface area contributed by atoms with Crippen LogP contribution in [0.15, 0.2) is 109 Å². The molecular formula is C33H27F3N6. The van der Waals surface area contributed by atoms with Crippen LogP contribution >= 0.6 is 0 Å². The quantitative estimate of drug-likeness (QED) is 0.207. The first kappa shape index (κ1) is 27.1. The molecule has 4 aromatic heterocycles. The van der Waals surface area contributed by atoms with Crippen molar-refractivity contribution in [3.05, 3.63) is 132 Å². The Bertz CT molecular complexity index is 1850. The van der Waals surface area contributed by atoms with Gasteiger partial charge in [-0.15, -0.1) is 0 Å². The van der Waals surface area contributed by atoms with E-state index in [1.54, 1.807) is 10.7 Å². The van der Waals surface area contributed by atoms with Crippen molar-refractivity contribution in [2.75, 3.05) is 0 Å². The highest BCUT2D eigenvalue weighted by Gasteiger charge is 2.34. The molecule has 9 heteroatoms. The number of pyridine rings is 2. The van der Waals surface area contributed by atoms with Crippen molar-refractivity contribution in [1.29, 1.82) is 0 Å². The number of hydrogen-bond acceptors (Lipinski definition) is 4. The van der Waals surface area contributed by atoms with E-state index in [-0.39, 0.29) is 5.82 Å². The van der Waals surface area contributed by atoms with Crippen LogP contribution in [0.2, 0.25) is 0 Å². The molecule has 0 aliphatic rings. The van der Waals surface area contributed by atoms with E-state index in [9.17, 15) is 13.2 Å². The summed E-state index contributed by atoms with van der Waals surface area (Å²) in [5.41, 5.74) is 4.16. The monoisotopic (exact) mass is 564 g/mol. The average Bonchev–Trinajstić information content (AvgIpc) is 3.68. The summed E-state index contributed by atoms with van der Waals surface area (Å²) in [7, 11) is 0. The van der Waals surface area contributed by atoms with Crippen LogP contribution in [0.25, 0.3) is 33.9 Å². The minimum absolute atomic E-state index is 0.275. The minimum atomic E-state index is -4.56. The average molecular weight is 565 g/mol. The van der Waals surface area contributed by atoms with E-state index in [1.807, 2.05) is 112 Å². The molecule has 6 rings (SSSR count). The van der Waals surface area contributed by atoms with Gasteiger partial charge in [-0.2, -0.15) is 23.4 Å². The lowest BCUT2D eigenvalue weighted by Crippen LogP contribution is -2.24. The number of aryl methyl sites for hydroxylation is 1. The molecule has 0 aliphatic carbocycles. The number of aromatic nitrogens is 6. The van der Waals surface area contributed by atoms with Crippen molar-refractivity contribution in [3.63, 3.8) is 0 Å². The van der Waals surface area contributed by atoms with Gasteiger partial charge in [0.25, 0.3) is 0 Å². The zero-order chi connectivity index (χ0) is 29.5. The van der Waals surface area contributed by atoms with Gasteiger partial charge in [0.15, 0.2) is 17.3 Å². The van der Waals surface area contributed by atoms with E-state index in [2.05, 4.69) is 10.2 Å². The predicted octanol–water partition coefficient (Wildman–Crippen LogP) is 7.84. The van der Waals surface area contributed by atoms with Gasteiger partial charge in [-0.05, 0) is 79.4 Å². The number of alkyl halides is 3. The fourth-order valence-corrected chi connectivity index (χ4v) is 4.78. The summed E-state index contributed by atoms with van der Waals surface area (Å²) < 4.78 is 43.1. The molecule has 6 nitrogen and oxygen atoms in total. The molecule has 0 radical (unpaired) electrons. The van der Waals surface area contributed by atoms with Crippen molar-refractivity contribution < 1.29 is 13.2 Å². The Kier molecular flexibility index (Phi) is 6.73. The number of rotatable bonds is 6. The molecule has 0 N–H and O–H groups in total. The van der Waals surface area contributed by atoms with Gasteiger partial charge in [0.1, 0.15) is 0 Å². The summed E-state index contributed by atoms with van der Waals surface area (Å²) in [6.07, 6.45) is -1.41. The summed E-state index contributed by atoms with van der Waals surface area (Å²) in [5, 5.41) is 8.37. The van der Waals surface area contributed by atoms with E-state index in [0.29, 0.717) is 11.5 Å². The fraction of sp³-hybridized carbons (Fsp3) is 0.152. The highest BCUT2D eigenvalue weighted by molar-refractivity contribution is 5.68. The van der Waals surface area contributed by atoms with Crippen LogP contribution in [-0.2, 0) is 11.6 Å². The van der Waals surface area contributed by atoms with Crippen LogP contribution in [0.5, 0.6) is 0 Å². The number of hydrogen-bond donors (Lipinski definition) is 0. The Hall–Kier alpha value is -5.05. The Morgan fingerprint density at radius 3 is 1.45 bits per heavy atom. The zero-order valence-corrected chi connectivity index (χ0v) is 23.2. The van der Waals surface area contributed by atoms with Crippen LogP contribution in [0, 0.1) is 6.92 Å². The molecule has 6 aromatic rings. The third kappa shape index (κ3) is 5.33. The van der Waals surface area contributed by atoms with Crippen LogP contribution in [0.4, 0.5) is 13.2 Å². The first-order valence-electron chi connectivity index (χ1n) is 13.4. The predicted molar refractivity (Wildman–Crippen MR) is 155 cm³/mol. The molecule has 0 saturated carbocycles. The van der Waals surface area contributed by atoms with Crippen molar-refractivity contribution in [1.82, 2.24) is 29.5 Å². The molecule has 0 bridgehead atoms. The Morgan fingerprint density at radius 1 is 0.548 bits per heavy atom. The normalized spacial score (nSPS) is 12.0. The highest BCUT2D eigenvalue weighted by Crippen LogP contribution is 2.36. The third-order valence-electron chi connectivity index (χ3n) is 7.19. The van der Waals surface area contributed by atoms with E-state index >= 15 is 0 Å². The van der Waals surface area contributed by atoms with Crippen molar-refractivity contribution in [2.24, 2.45) is 0 Å². The summed E-state index contributed by atoms with van der Waals surface area (Å²) >= 11 is 0. The lowest BCUT2D eigenvalue weighted by Gasteiger charge is -2.26. The van der Waals surface area contributed by atoms with Crippen LogP contribution in [0.3, 0.4) is 0 Å². The largest absolute Gasteiger partial charge is 0.435 e. The number of nitrogens with zero attached hydrogens (tertiary/aromatic N) is 6. The van der Waals surface area contributed by atoms with Gasteiger partial charge in [-0.25, -0.2) is 19.3 Å². The Labute approximate surface area is 241 Å². The fourth-order valence-electron chi connectivity index (χ4n) is 4.78. The maximum Gasteiger partial charge on any atom is 0.435 e. The topological polar surface area (TPSA) is 61.4 Å². The van der Waals surface area contributed by atoms with E-state index in [4.69, 9.17) is 9.97 Å². The van der Waals surface area contributed by atoms with Gasteiger partial charge in [0.2, 0.25) is 0 Å². The summed E-state index contributed by atoms with van der Waals surface area (Å²) in [6.45, 7) is 5.93. The molecule has 0 atom stereocenters. The van der Waals surface area contributed by atoms with Gasteiger partial charge in [-0.1, -0.05) is 60.7 Å². The molecular weight excluding hydrogens is 537 g/mol. The molecule has 0 fully saturated rings. The first-order chi connectivity index (χ1) is 20.1. The molecule has 210 valence electrons. The van der Waals surface area contributed by atoms with Crippen LogP contribution in [-0.4, -0.2) is 29.5 Å². The standard InChI is InChI=1S/C33H27F3N6/c1-22-14-16-41(39-22)30-20-25(23-10-6-4-7-11-23)18-28(37-30)32(2,3)29-19-26(24-12-8-5-9-13-24)21-31(38-29)42-17-15-27(40-42)33(34,35)36/h4-21H,1-3H3. The molecule has 0 unspecified atom stereocenters. The van der Waals surface area contributed by atoms with Crippen molar-refractivity contribution in [3.8, 4) is 33.9 Å². The SMILES string of the molecule is Cc1ccn(-c2cc(-c3ccccc3)cc(C(C)(C)c3cc(-c4ccccc4)cc(-n4ccc(C(F)(F)F)n4)n3)n2)n1. The first-order valence-corrected chi connectivity index (χ1v) is 13.4. The molecule has 0 aliphatic heterocycles. The number of halogens is 3. The van der Waals surface area contributed by atoms with Gasteiger partial charge in [0.05, 0.1) is 17.1 Å².